The van der Waals surface area contributed by atoms with Crippen LogP contribution in [0.2, 0.25) is 0 Å². The maximum atomic E-state index is 13.4. The Hall–Kier alpha value is -1.00. The van der Waals surface area contributed by atoms with E-state index < -0.39 is 11.6 Å². The molecule has 96 valence electrons. The van der Waals surface area contributed by atoms with Crippen LogP contribution >= 0.6 is 0 Å². The first kappa shape index (κ1) is 14.1. The van der Waals surface area contributed by atoms with Gasteiger partial charge in [-0.15, -0.1) is 0 Å². The van der Waals surface area contributed by atoms with Crippen LogP contribution < -0.4 is 5.73 Å². The number of nitrogens with two attached hydrogens (primary N) is 1. The Bertz CT molecular complexity index is 355. The van der Waals surface area contributed by atoms with Gasteiger partial charge in [0.15, 0.2) is 0 Å². The average Bonchev–Trinajstić information content (AvgIpc) is 2.27. The Morgan fingerprint density at radius 3 is 2.65 bits per heavy atom. The van der Waals surface area contributed by atoms with Crippen molar-refractivity contribution in [1.82, 2.24) is 4.90 Å². The molecule has 0 aliphatic heterocycles. The lowest BCUT2D eigenvalue weighted by atomic mass is 10.1. The fraction of sp³-hybridized carbons (Fsp3) is 0.538. The van der Waals surface area contributed by atoms with Gasteiger partial charge in [-0.1, -0.05) is 13.0 Å². The minimum absolute atomic E-state index is 0.429. The predicted molar refractivity (Wildman–Crippen MR) is 65.8 cm³/mol. The molecule has 0 spiro atoms. The summed E-state index contributed by atoms with van der Waals surface area (Å²) in [6.07, 6.45) is 0.583. The molecule has 1 unspecified atom stereocenters. The molecule has 0 fully saturated rings. The number of rotatable bonds is 6. The molecule has 1 rings (SSSR count). The van der Waals surface area contributed by atoms with Crippen LogP contribution in [-0.2, 0) is 6.42 Å². The maximum absolute atomic E-state index is 13.4. The van der Waals surface area contributed by atoms with E-state index in [4.69, 9.17) is 5.73 Å². The van der Waals surface area contributed by atoms with Gasteiger partial charge in [-0.3, -0.25) is 0 Å². The molecule has 0 saturated heterocycles. The molecule has 1 aromatic carbocycles. The number of hydrogen-bond donors (Lipinski definition) is 1. The van der Waals surface area contributed by atoms with Crippen molar-refractivity contribution in [2.45, 2.75) is 13.3 Å². The van der Waals surface area contributed by atoms with Crippen molar-refractivity contribution in [2.75, 3.05) is 26.7 Å². The number of benzene rings is 1. The zero-order chi connectivity index (χ0) is 12.8. The summed E-state index contributed by atoms with van der Waals surface area (Å²) in [7, 11) is 1.98. The Labute approximate surface area is 101 Å². The zero-order valence-corrected chi connectivity index (χ0v) is 10.4. The molecule has 0 radical (unpaired) electrons. The molecule has 0 bridgehead atoms. The van der Waals surface area contributed by atoms with Crippen LogP contribution in [0, 0.1) is 17.6 Å². The van der Waals surface area contributed by atoms with Gasteiger partial charge >= 0.3 is 0 Å². The summed E-state index contributed by atoms with van der Waals surface area (Å²) in [4.78, 5) is 2.11. The Kier molecular flexibility index (Phi) is 5.51. The van der Waals surface area contributed by atoms with E-state index >= 15 is 0 Å². The number of hydrogen-bond acceptors (Lipinski definition) is 2. The average molecular weight is 242 g/mol. The van der Waals surface area contributed by atoms with Crippen molar-refractivity contribution in [3.05, 3.63) is 35.4 Å². The molecule has 1 atom stereocenters. The topological polar surface area (TPSA) is 29.3 Å². The number of nitrogens with zero attached hydrogens (tertiary/aromatic N) is 1. The van der Waals surface area contributed by atoms with Crippen LogP contribution in [0.5, 0.6) is 0 Å². The quantitative estimate of drug-likeness (QED) is 0.827. The van der Waals surface area contributed by atoms with Crippen LogP contribution in [0.1, 0.15) is 12.5 Å². The first-order valence-corrected chi connectivity index (χ1v) is 5.85. The smallest absolute Gasteiger partial charge is 0.129 e. The molecule has 17 heavy (non-hydrogen) atoms. The lowest BCUT2D eigenvalue weighted by Crippen LogP contribution is -2.30. The third-order valence-electron chi connectivity index (χ3n) is 2.80. The van der Waals surface area contributed by atoms with Gasteiger partial charge in [-0.2, -0.15) is 0 Å². The van der Waals surface area contributed by atoms with Crippen molar-refractivity contribution in [2.24, 2.45) is 11.7 Å². The molecule has 0 saturated carbocycles. The normalized spacial score (nSPS) is 13.1. The highest BCUT2D eigenvalue weighted by molar-refractivity contribution is 5.18. The predicted octanol–water partition coefficient (Wildman–Crippen LogP) is 2.03. The zero-order valence-electron chi connectivity index (χ0n) is 10.4. The number of likely N-dealkylation sites (N-methyl/N-ethyl adjacent to an activating group) is 1. The van der Waals surface area contributed by atoms with Crippen LogP contribution in [0.25, 0.3) is 0 Å². The van der Waals surface area contributed by atoms with E-state index in [1.165, 1.54) is 12.1 Å². The van der Waals surface area contributed by atoms with E-state index in [0.29, 0.717) is 24.4 Å². The van der Waals surface area contributed by atoms with Gasteiger partial charge in [0.25, 0.3) is 0 Å². The maximum Gasteiger partial charge on any atom is 0.129 e. The van der Waals surface area contributed by atoms with Gasteiger partial charge in [0.1, 0.15) is 11.6 Å². The highest BCUT2D eigenvalue weighted by Crippen LogP contribution is 2.10. The fourth-order valence-corrected chi connectivity index (χ4v) is 1.73. The molecule has 0 heterocycles. The second-order valence-electron chi connectivity index (χ2n) is 4.59. The summed E-state index contributed by atoms with van der Waals surface area (Å²) in [6.45, 7) is 4.36. The van der Waals surface area contributed by atoms with Crippen LogP contribution in [0.15, 0.2) is 18.2 Å². The van der Waals surface area contributed by atoms with Crippen LogP contribution in [-0.4, -0.2) is 31.6 Å². The Balaban J connectivity index is 2.44. The summed E-state index contributed by atoms with van der Waals surface area (Å²) in [5.74, 6) is -0.570. The first-order chi connectivity index (χ1) is 8.02. The molecule has 0 aromatic heterocycles. The monoisotopic (exact) mass is 242 g/mol. The summed E-state index contributed by atoms with van der Waals surface area (Å²) in [5, 5.41) is 0. The van der Waals surface area contributed by atoms with Crippen molar-refractivity contribution >= 4 is 0 Å². The van der Waals surface area contributed by atoms with Gasteiger partial charge < -0.3 is 10.6 Å². The SMILES string of the molecule is CC(CN)CN(C)CCc1ccc(F)cc1F. The lowest BCUT2D eigenvalue weighted by Gasteiger charge is -2.20. The van der Waals surface area contributed by atoms with Crippen molar-refractivity contribution in [1.29, 1.82) is 0 Å². The second-order valence-corrected chi connectivity index (χ2v) is 4.59. The molecule has 4 heteroatoms. The van der Waals surface area contributed by atoms with Crippen LogP contribution in [0.4, 0.5) is 8.78 Å². The van der Waals surface area contributed by atoms with E-state index in [9.17, 15) is 8.78 Å². The van der Waals surface area contributed by atoms with Gasteiger partial charge in [0.05, 0.1) is 0 Å². The largest absolute Gasteiger partial charge is 0.330 e. The van der Waals surface area contributed by atoms with Crippen molar-refractivity contribution < 1.29 is 8.78 Å². The van der Waals surface area contributed by atoms with Crippen LogP contribution in [0.3, 0.4) is 0 Å². The minimum Gasteiger partial charge on any atom is -0.330 e. The molecule has 1 aromatic rings. The van der Waals surface area contributed by atoms with E-state index in [0.717, 1.165) is 19.2 Å². The molecule has 2 nitrogen and oxygen atoms in total. The summed E-state index contributed by atoms with van der Waals surface area (Å²) >= 11 is 0. The van der Waals surface area contributed by atoms with Crippen molar-refractivity contribution in [3.63, 3.8) is 0 Å². The van der Waals surface area contributed by atoms with Gasteiger partial charge in [0, 0.05) is 19.2 Å². The molecule has 2 N–H and O–H groups in total. The van der Waals surface area contributed by atoms with E-state index in [1.54, 1.807) is 0 Å². The fourth-order valence-electron chi connectivity index (χ4n) is 1.73. The van der Waals surface area contributed by atoms with E-state index in [1.807, 2.05) is 7.05 Å². The minimum atomic E-state index is -0.531. The second kappa shape index (κ2) is 6.67. The lowest BCUT2D eigenvalue weighted by molar-refractivity contribution is 0.291. The Morgan fingerprint density at radius 2 is 2.06 bits per heavy atom. The molecular formula is C13H20F2N2. The summed E-state index contributed by atoms with van der Waals surface area (Å²) < 4.78 is 26.1. The van der Waals surface area contributed by atoms with E-state index in [-0.39, 0.29) is 0 Å². The Morgan fingerprint density at radius 1 is 1.35 bits per heavy atom. The van der Waals surface area contributed by atoms with Crippen molar-refractivity contribution in [3.8, 4) is 0 Å². The number of halogens is 2. The summed E-state index contributed by atoms with van der Waals surface area (Å²) in [5.41, 5.74) is 6.09. The van der Waals surface area contributed by atoms with Gasteiger partial charge in [-0.25, -0.2) is 8.78 Å². The molecular weight excluding hydrogens is 222 g/mol. The molecule has 0 aliphatic rings. The highest BCUT2D eigenvalue weighted by atomic mass is 19.1. The van der Waals surface area contributed by atoms with Gasteiger partial charge in [-0.05, 0) is 37.6 Å². The third-order valence-corrected chi connectivity index (χ3v) is 2.80. The molecule has 0 aliphatic carbocycles. The molecule has 0 amide bonds. The van der Waals surface area contributed by atoms with Gasteiger partial charge in [0.2, 0.25) is 0 Å². The summed E-state index contributed by atoms with van der Waals surface area (Å²) in [6, 6.07) is 3.73. The highest BCUT2D eigenvalue weighted by Gasteiger charge is 2.07. The standard InChI is InChI=1S/C13H20F2N2/c1-10(8-16)9-17(2)6-5-11-3-4-12(14)7-13(11)15/h3-4,7,10H,5-6,8-9,16H2,1-2H3. The third kappa shape index (κ3) is 4.79. The van der Waals surface area contributed by atoms with E-state index in [2.05, 4.69) is 11.8 Å². The first-order valence-electron chi connectivity index (χ1n) is 5.85.